The van der Waals surface area contributed by atoms with Gasteiger partial charge in [0.2, 0.25) is 5.91 Å². The van der Waals surface area contributed by atoms with E-state index in [9.17, 15) is 9.18 Å². The van der Waals surface area contributed by atoms with Crippen LogP contribution in [-0.2, 0) is 11.3 Å². The number of aromatic nitrogens is 3. The topological polar surface area (TPSA) is 71.8 Å². The van der Waals surface area contributed by atoms with Crippen LogP contribution < -0.4 is 10.6 Å². The van der Waals surface area contributed by atoms with Crippen LogP contribution in [0, 0.1) is 5.82 Å². The molecule has 0 radical (unpaired) electrons. The number of rotatable bonds is 8. The normalized spacial score (nSPS) is 10.7. The smallest absolute Gasteiger partial charge is 0.234 e. The summed E-state index contributed by atoms with van der Waals surface area (Å²) in [5.41, 5.74) is 2.28. The Balaban J connectivity index is 1.48. The van der Waals surface area contributed by atoms with Crippen LogP contribution in [0.2, 0.25) is 5.02 Å². The van der Waals surface area contributed by atoms with Crippen LogP contribution in [-0.4, -0.2) is 26.4 Å². The molecule has 6 nitrogen and oxygen atoms in total. The molecule has 0 aliphatic carbocycles. The highest BCUT2D eigenvalue weighted by Gasteiger charge is 2.16. The summed E-state index contributed by atoms with van der Waals surface area (Å²) >= 11 is 7.26. The number of benzene rings is 3. The maximum atomic E-state index is 13.1. The van der Waals surface area contributed by atoms with Crippen molar-refractivity contribution in [3.63, 3.8) is 0 Å². The van der Waals surface area contributed by atoms with Crippen LogP contribution in [0.5, 0.6) is 0 Å². The van der Waals surface area contributed by atoms with E-state index in [0.717, 1.165) is 11.4 Å². The summed E-state index contributed by atoms with van der Waals surface area (Å²) in [4.78, 5) is 12.4. The third-order valence-electron chi connectivity index (χ3n) is 4.45. The lowest BCUT2D eigenvalue weighted by Gasteiger charge is -2.11. The minimum Gasteiger partial charge on any atom is -0.378 e. The third-order valence-corrected chi connectivity index (χ3v) is 5.61. The fourth-order valence-corrected chi connectivity index (χ4v) is 3.95. The lowest BCUT2D eigenvalue weighted by atomic mass is 10.3. The first-order valence-corrected chi connectivity index (χ1v) is 11.1. The average molecular weight is 468 g/mol. The van der Waals surface area contributed by atoms with Crippen LogP contribution in [0.1, 0.15) is 5.82 Å². The molecule has 0 aliphatic rings. The van der Waals surface area contributed by atoms with Crippen LogP contribution in [0.15, 0.2) is 84.0 Å². The quantitative estimate of drug-likeness (QED) is 0.339. The predicted octanol–water partition coefficient (Wildman–Crippen LogP) is 5.40. The molecule has 9 heteroatoms. The van der Waals surface area contributed by atoms with E-state index in [1.807, 2.05) is 34.9 Å². The van der Waals surface area contributed by atoms with E-state index in [1.165, 1.54) is 23.9 Å². The Bertz CT molecular complexity index is 1200. The number of hydrogen-bond acceptors (Lipinski definition) is 5. The van der Waals surface area contributed by atoms with Crippen molar-refractivity contribution in [2.75, 3.05) is 16.4 Å². The van der Waals surface area contributed by atoms with E-state index in [0.29, 0.717) is 28.2 Å². The molecule has 4 rings (SSSR count). The molecule has 1 amide bonds. The largest absolute Gasteiger partial charge is 0.378 e. The molecule has 0 saturated carbocycles. The van der Waals surface area contributed by atoms with E-state index >= 15 is 0 Å². The first kappa shape index (κ1) is 21.9. The van der Waals surface area contributed by atoms with Crippen LogP contribution in [0.3, 0.4) is 0 Å². The van der Waals surface area contributed by atoms with E-state index in [1.54, 1.807) is 36.4 Å². The molecule has 1 heterocycles. The van der Waals surface area contributed by atoms with Crippen molar-refractivity contribution >= 4 is 40.6 Å². The predicted molar refractivity (Wildman–Crippen MR) is 126 cm³/mol. The minimum atomic E-state index is -0.294. The minimum absolute atomic E-state index is 0.156. The van der Waals surface area contributed by atoms with Gasteiger partial charge in [-0.3, -0.25) is 9.36 Å². The first-order chi connectivity index (χ1) is 15.6. The molecule has 32 heavy (non-hydrogen) atoms. The Labute approximate surface area is 193 Å². The Hall–Kier alpha value is -3.36. The number of thioether (sulfide) groups is 1. The van der Waals surface area contributed by atoms with E-state index in [4.69, 9.17) is 11.6 Å². The van der Waals surface area contributed by atoms with Gasteiger partial charge in [0.15, 0.2) is 11.0 Å². The molecule has 0 aliphatic heterocycles. The lowest BCUT2D eigenvalue weighted by Crippen LogP contribution is -2.15. The monoisotopic (exact) mass is 467 g/mol. The maximum Gasteiger partial charge on any atom is 0.234 e. The molecule has 1 aromatic heterocycles. The molecule has 0 saturated heterocycles. The molecule has 0 unspecified atom stereocenters. The SMILES string of the molecule is O=C(CSc1nnc(CNc2ccc(F)cc2)n1-c1ccccc1)Nc1cccc(Cl)c1. The van der Waals surface area contributed by atoms with Gasteiger partial charge in [0.1, 0.15) is 5.82 Å². The molecule has 2 N–H and O–H groups in total. The second-order valence-electron chi connectivity index (χ2n) is 6.78. The fraction of sp³-hybridized carbons (Fsp3) is 0.0870. The van der Waals surface area contributed by atoms with Gasteiger partial charge in [0, 0.05) is 22.1 Å². The molecular formula is C23H19ClFN5OS. The number of para-hydroxylation sites is 1. The van der Waals surface area contributed by atoms with E-state index < -0.39 is 0 Å². The zero-order chi connectivity index (χ0) is 22.3. The Morgan fingerprint density at radius 3 is 2.50 bits per heavy atom. The Morgan fingerprint density at radius 2 is 1.75 bits per heavy atom. The van der Waals surface area contributed by atoms with E-state index in [-0.39, 0.29) is 17.5 Å². The second-order valence-corrected chi connectivity index (χ2v) is 8.16. The van der Waals surface area contributed by atoms with Crippen molar-refractivity contribution in [1.29, 1.82) is 0 Å². The molecule has 162 valence electrons. The van der Waals surface area contributed by atoms with Gasteiger partial charge in [-0.1, -0.05) is 47.6 Å². The highest BCUT2D eigenvalue weighted by molar-refractivity contribution is 7.99. The van der Waals surface area contributed by atoms with Crippen molar-refractivity contribution in [3.8, 4) is 5.69 Å². The van der Waals surface area contributed by atoms with Gasteiger partial charge in [-0.2, -0.15) is 0 Å². The summed E-state index contributed by atoms with van der Waals surface area (Å²) in [6.45, 7) is 0.378. The molecular weight excluding hydrogens is 449 g/mol. The maximum absolute atomic E-state index is 13.1. The van der Waals surface area contributed by atoms with Gasteiger partial charge in [-0.25, -0.2) is 4.39 Å². The van der Waals surface area contributed by atoms with E-state index in [2.05, 4.69) is 20.8 Å². The Morgan fingerprint density at radius 1 is 0.969 bits per heavy atom. The van der Waals surface area contributed by atoms with Crippen LogP contribution in [0.25, 0.3) is 5.69 Å². The van der Waals surface area contributed by atoms with Gasteiger partial charge < -0.3 is 10.6 Å². The van der Waals surface area contributed by atoms with Crippen LogP contribution >= 0.6 is 23.4 Å². The number of amides is 1. The molecule has 0 spiro atoms. The average Bonchev–Trinajstić information content (AvgIpc) is 3.21. The number of nitrogens with zero attached hydrogens (tertiary/aromatic N) is 3. The summed E-state index contributed by atoms with van der Waals surface area (Å²) in [5, 5.41) is 15.8. The zero-order valence-electron chi connectivity index (χ0n) is 16.8. The van der Waals surface area contributed by atoms with Crippen molar-refractivity contribution in [1.82, 2.24) is 14.8 Å². The number of carbonyl (C=O) groups is 1. The van der Waals surface area contributed by atoms with Gasteiger partial charge in [0.25, 0.3) is 0 Å². The molecule has 4 aromatic rings. The summed E-state index contributed by atoms with van der Waals surface area (Å²) < 4.78 is 15.0. The van der Waals surface area contributed by atoms with Gasteiger partial charge in [-0.15, -0.1) is 10.2 Å². The highest BCUT2D eigenvalue weighted by Crippen LogP contribution is 2.23. The van der Waals surface area contributed by atoms with Crippen molar-refractivity contribution in [2.45, 2.75) is 11.7 Å². The molecule has 0 bridgehead atoms. The number of halogens is 2. The number of carbonyl (C=O) groups excluding carboxylic acids is 1. The number of hydrogen-bond donors (Lipinski definition) is 2. The summed E-state index contributed by atoms with van der Waals surface area (Å²) in [7, 11) is 0. The number of anilines is 2. The third kappa shape index (κ3) is 5.66. The standard InChI is InChI=1S/C23H19ClFN5OS/c24-16-5-4-6-19(13-16)27-22(31)15-32-23-29-28-21(30(23)20-7-2-1-3-8-20)14-26-18-11-9-17(25)10-12-18/h1-13,26H,14-15H2,(H,27,31). The molecule has 0 fully saturated rings. The zero-order valence-corrected chi connectivity index (χ0v) is 18.4. The summed E-state index contributed by atoms with van der Waals surface area (Å²) in [6, 6.07) is 22.8. The molecule has 3 aromatic carbocycles. The molecule has 0 atom stereocenters. The van der Waals surface area contributed by atoms with Gasteiger partial charge in [-0.05, 0) is 54.6 Å². The fourth-order valence-electron chi connectivity index (χ4n) is 2.99. The second kappa shape index (κ2) is 10.3. The first-order valence-electron chi connectivity index (χ1n) is 9.76. The summed E-state index contributed by atoms with van der Waals surface area (Å²) in [5.74, 6) is 0.352. The Kier molecular flexibility index (Phi) is 7.03. The van der Waals surface area contributed by atoms with Crippen molar-refractivity contribution < 1.29 is 9.18 Å². The van der Waals surface area contributed by atoms with Crippen LogP contribution in [0.4, 0.5) is 15.8 Å². The summed E-state index contributed by atoms with van der Waals surface area (Å²) in [6.07, 6.45) is 0. The number of nitrogens with one attached hydrogen (secondary N) is 2. The van der Waals surface area contributed by atoms with Gasteiger partial charge >= 0.3 is 0 Å². The lowest BCUT2D eigenvalue weighted by molar-refractivity contribution is -0.113. The van der Waals surface area contributed by atoms with Crippen molar-refractivity contribution in [2.24, 2.45) is 0 Å². The van der Waals surface area contributed by atoms with Gasteiger partial charge in [0.05, 0.1) is 12.3 Å². The van der Waals surface area contributed by atoms with Crippen molar-refractivity contribution in [3.05, 3.63) is 95.5 Å². The highest BCUT2D eigenvalue weighted by atomic mass is 35.5.